The predicted molar refractivity (Wildman–Crippen MR) is 94.5 cm³/mol. The summed E-state index contributed by atoms with van der Waals surface area (Å²) in [7, 11) is 0. The summed E-state index contributed by atoms with van der Waals surface area (Å²) >= 11 is 0. The second-order valence-electron chi connectivity index (χ2n) is 7.45. The molecule has 0 aliphatic heterocycles. The molecule has 2 aliphatic rings. The number of carboxylic acid groups (broad SMARTS) is 1. The van der Waals surface area contributed by atoms with E-state index in [-0.39, 0.29) is 30.4 Å². The number of H-pyrrole nitrogens is 1. The van der Waals surface area contributed by atoms with E-state index in [1.807, 2.05) is 4.90 Å². The first-order chi connectivity index (χ1) is 12.5. The lowest BCUT2D eigenvalue weighted by Crippen LogP contribution is -2.55. The highest BCUT2D eigenvalue weighted by atomic mass is 19.1. The molecular formula is C19H22FN3O3. The number of carbonyl (C=O) groups is 2. The molecule has 3 N–H and O–H groups in total. The molecule has 0 unspecified atom stereocenters. The van der Waals surface area contributed by atoms with Crippen molar-refractivity contribution in [3.63, 3.8) is 0 Å². The first-order valence-electron chi connectivity index (χ1n) is 9.03. The van der Waals surface area contributed by atoms with Crippen molar-refractivity contribution in [3.8, 4) is 0 Å². The van der Waals surface area contributed by atoms with Crippen LogP contribution in [-0.2, 0) is 4.79 Å². The van der Waals surface area contributed by atoms with Crippen LogP contribution in [0.3, 0.4) is 0 Å². The molecule has 1 aromatic heterocycles. The third-order valence-electron chi connectivity index (χ3n) is 5.35. The number of benzene rings is 1. The number of halogens is 1. The molecule has 1 aromatic carbocycles. The first-order valence-corrected chi connectivity index (χ1v) is 9.03. The van der Waals surface area contributed by atoms with E-state index < -0.39 is 5.97 Å². The molecule has 0 bridgehead atoms. The van der Waals surface area contributed by atoms with Gasteiger partial charge >= 0.3 is 5.97 Å². The molecule has 1 heterocycles. The lowest BCUT2D eigenvalue weighted by Gasteiger charge is -2.42. The molecule has 2 fully saturated rings. The minimum atomic E-state index is -0.807. The van der Waals surface area contributed by atoms with Gasteiger partial charge in [0.2, 0.25) is 0 Å². The van der Waals surface area contributed by atoms with Crippen LogP contribution in [0.5, 0.6) is 0 Å². The van der Waals surface area contributed by atoms with Crippen molar-refractivity contribution in [2.24, 2.45) is 5.92 Å². The zero-order valence-corrected chi connectivity index (χ0v) is 14.4. The first kappa shape index (κ1) is 17.0. The van der Waals surface area contributed by atoms with Crippen molar-refractivity contribution in [2.45, 2.75) is 37.8 Å². The lowest BCUT2D eigenvalue weighted by atomic mass is 9.85. The monoisotopic (exact) mass is 359 g/mol. The van der Waals surface area contributed by atoms with E-state index in [1.54, 1.807) is 12.1 Å². The second kappa shape index (κ2) is 6.72. The maximum absolute atomic E-state index is 13.8. The summed E-state index contributed by atoms with van der Waals surface area (Å²) in [5.41, 5.74) is 0.938. The number of nitrogens with zero attached hydrogens (tertiary/aromatic N) is 1. The summed E-state index contributed by atoms with van der Waals surface area (Å²) in [5, 5.41) is 12.4. The maximum atomic E-state index is 13.8. The molecule has 138 valence electrons. The molecule has 6 nitrogen and oxygen atoms in total. The molecule has 4 rings (SSSR count). The number of aliphatic carboxylic acids is 1. The number of hydrogen-bond donors (Lipinski definition) is 3. The fourth-order valence-electron chi connectivity index (χ4n) is 3.66. The highest BCUT2D eigenvalue weighted by Crippen LogP contribution is 2.33. The van der Waals surface area contributed by atoms with Gasteiger partial charge in [-0.25, -0.2) is 4.39 Å². The molecule has 1 amide bonds. The molecule has 0 atom stereocenters. The molecule has 0 spiro atoms. The minimum Gasteiger partial charge on any atom is -0.480 e. The largest absolute Gasteiger partial charge is 0.480 e. The van der Waals surface area contributed by atoms with E-state index >= 15 is 0 Å². The van der Waals surface area contributed by atoms with Gasteiger partial charge in [-0.05, 0) is 49.8 Å². The Bertz CT molecular complexity index is 840. The van der Waals surface area contributed by atoms with Gasteiger partial charge in [-0.15, -0.1) is 0 Å². The Labute approximate surface area is 150 Å². The summed E-state index contributed by atoms with van der Waals surface area (Å²) in [5.74, 6) is -0.788. The van der Waals surface area contributed by atoms with E-state index in [2.05, 4.69) is 10.3 Å². The topological polar surface area (TPSA) is 85.4 Å². The third-order valence-corrected chi connectivity index (χ3v) is 5.35. The Hall–Kier alpha value is -2.41. The van der Waals surface area contributed by atoms with Gasteiger partial charge in [0.05, 0.1) is 6.54 Å². The predicted octanol–water partition coefficient (Wildman–Crippen LogP) is 2.36. The fourth-order valence-corrected chi connectivity index (χ4v) is 3.66. The van der Waals surface area contributed by atoms with Crippen LogP contribution in [0.1, 0.15) is 36.2 Å². The van der Waals surface area contributed by atoms with Crippen molar-refractivity contribution < 1.29 is 19.1 Å². The van der Waals surface area contributed by atoms with Gasteiger partial charge in [0.15, 0.2) is 0 Å². The summed E-state index contributed by atoms with van der Waals surface area (Å²) in [6, 6.07) is 6.46. The molecule has 7 heteroatoms. The molecule has 2 aliphatic carbocycles. The van der Waals surface area contributed by atoms with E-state index in [0.29, 0.717) is 22.5 Å². The summed E-state index contributed by atoms with van der Waals surface area (Å²) in [6.45, 7) is 0.891. The Morgan fingerprint density at radius 3 is 2.73 bits per heavy atom. The van der Waals surface area contributed by atoms with Crippen LogP contribution in [0.4, 0.5) is 4.39 Å². The van der Waals surface area contributed by atoms with Gasteiger partial charge in [-0.2, -0.15) is 0 Å². The van der Waals surface area contributed by atoms with Crippen molar-refractivity contribution >= 4 is 22.8 Å². The number of rotatable bonds is 7. The van der Waals surface area contributed by atoms with Gasteiger partial charge in [0, 0.05) is 29.5 Å². The number of fused-ring (bicyclic) bond motifs is 1. The molecular weight excluding hydrogens is 337 g/mol. The molecule has 0 radical (unpaired) electrons. The number of carboxylic acids is 1. The van der Waals surface area contributed by atoms with E-state index in [0.717, 1.165) is 19.4 Å². The number of nitrogens with one attached hydrogen (secondary N) is 2. The van der Waals surface area contributed by atoms with Crippen molar-refractivity contribution in [2.75, 3.05) is 13.1 Å². The van der Waals surface area contributed by atoms with Crippen molar-refractivity contribution in [1.82, 2.24) is 15.2 Å². The number of hydrogen-bond acceptors (Lipinski definition) is 3. The van der Waals surface area contributed by atoms with Gasteiger partial charge in [-0.1, -0.05) is 6.07 Å². The normalized spacial score (nSPS) is 22.4. The second-order valence-corrected chi connectivity index (χ2v) is 7.45. The van der Waals surface area contributed by atoms with Crippen LogP contribution < -0.4 is 5.32 Å². The average molecular weight is 359 g/mol. The SMILES string of the molecule is O=C(O)CN(CC1CC1)C1CC(NC(=O)c2cc3c(F)cccc3[nH]2)C1. The summed E-state index contributed by atoms with van der Waals surface area (Å²) in [6.07, 6.45) is 3.86. The zero-order chi connectivity index (χ0) is 18.3. The minimum absolute atomic E-state index is 0.0271. The number of aromatic nitrogens is 1. The Morgan fingerprint density at radius 2 is 2.08 bits per heavy atom. The summed E-state index contributed by atoms with van der Waals surface area (Å²) < 4.78 is 13.8. The standard InChI is InChI=1S/C19H22FN3O3/c20-15-2-1-3-16-14(15)8-17(22-16)19(26)21-12-6-13(7-12)23(10-18(24)25)9-11-4-5-11/h1-3,8,11-13,22H,4-7,9-10H2,(H,21,26)(H,24,25). The van der Waals surface area contributed by atoms with Gasteiger partial charge in [0.25, 0.3) is 5.91 Å². The zero-order valence-electron chi connectivity index (χ0n) is 14.4. The van der Waals surface area contributed by atoms with Gasteiger partial charge < -0.3 is 15.4 Å². The maximum Gasteiger partial charge on any atom is 0.317 e. The molecule has 2 aromatic rings. The molecule has 26 heavy (non-hydrogen) atoms. The van der Waals surface area contributed by atoms with E-state index in [9.17, 15) is 14.0 Å². The van der Waals surface area contributed by atoms with Crippen molar-refractivity contribution in [1.29, 1.82) is 0 Å². The van der Waals surface area contributed by atoms with Crippen LogP contribution in [-0.4, -0.2) is 52.0 Å². The average Bonchev–Trinajstić information content (AvgIpc) is 3.24. The third kappa shape index (κ3) is 3.58. The smallest absolute Gasteiger partial charge is 0.317 e. The van der Waals surface area contributed by atoms with Crippen LogP contribution in [0.25, 0.3) is 10.9 Å². The van der Waals surface area contributed by atoms with Crippen molar-refractivity contribution in [3.05, 3.63) is 35.8 Å². The van der Waals surface area contributed by atoms with Crippen LogP contribution in [0.15, 0.2) is 24.3 Å². The highest BCUT2D eigenvalue weighted by molar-refractivity contribution is 5.98. The van der Waals surface area contributed by atoms with E-state index in [1.165, 1.54) is 25.0 Å². The highest BCUT2D eigenvalue weighted by Gasteiger charge is 2.37. The lowest BCUT2D eigenvalue weighted by molar-refractivity contribution is -0.139. The Kier molecular flexibility index (Phi) is 4.40. The molecule has 2 saturated carbocycles. The molecule has 0 saturated heterocycles. The quantitative estimate of drug-likeness (QED) is 0.708. The Balaban J connectivity index is 1.34. The van der Waals surface area contributed by atoms with Gasteiger partial charge in [0.1, 0.15) is 11.5 Å². The Morgan fingerprint density at radius 1 is 1.31 bits per heavy atom. The fraction of sp³-hybridized carbons (Fsp3) is 0.474. The van der Waals surface area contributed by atoms with Crippen LogP contribution in [0.2, 0.25) is 0 Å². The van der Waals surface area contributed by atoms with Crippen LogP contribution >= 0.6 is 0 Å². The number of amides is 1. The van der Waals surface area contributed by atoms with E-state index in [4.69, 9.17) is 5.11 Å². The van der Waals surface area contributed by atoms with Gasteiger partial charge in [-0.3, -0.25) is 14.5 Å². The summed E-state index contributed by atoms with van der Waals surface area (Å²) in [4.78, 5) is 28.4. The number of carbonyl (C=O) groups excluding carboxylic acids is 1. The van der Waals surface area contributed by atoms with Crippen LogP contribution in [0, 0.1) is 11.7 Å². The number of aromatic amines is 1.